The molecule has 0 radical (unpaired) electrons. The van der Waals surface area contributed by atoms with E-state index in [1.807, 2.05) is 36.5 Å². The average Bonchev–Trinajstić information content (AvgIpc) is 3.29. The van der Waals surface area contributed by atoms with Crippen molar-refractivity contribution in [2.45, 2.75) is 37.1 Å². The summed E-state index contributed by atoms with van der Waals surface area (Å²) in [6, 6.07) is 24.1. The largest absolute Gasteiger partial charge is 0.461 e. The number of aromatic nitrogens is 1. The molecule has 0 saturated carbocycles. The molecule has 1 aliphatic heterocycles. The molecule has 1 saturated heterocycles. The zero-order valence-corrected chi connectivity index (χ0v) is 18.4. The van der Waals surface area contributed by atoms with E-state index in [9.17, 15) is 20.4 Å². The molecule has 1 aromatic heterocycles. The number of H-pyrrole nitrogens is 1. The highest BCUT2D eigenvalue weighted by Gasteiger charge is 2.44. The Hall–Kier alpha value is -3.20. The molecule has 5 rings (SSSR count). The SMILES string of the molecule is OC[C@H]1O[C@@H](Oc2cccc3[nH]cc(Cc4ccc(-c5ccccc5)cc4)c23)[C@H](O)[C@@H](O)[C@@H]1O. The van der Waals surface area contributed by atoms with Crippen LogP contribution in [0.3, 0.4) is 0 Å². The van der Waals surface area contributed by atoms with Gasteiger partial charge in [-0.05, 0) is 40.8 Å². The highest BCUT2D eigenvalue weighted by molar-refractivity contribution is 5.89. The minimum absolute atomic E-state index is 0.471. The van der Waals surface area contributed by atoms with Gasteiger partial charge in [0.1, 0.15) is 30.2 Å². The smallest absolute Gasteiger partial charge is 0.229 e. The van der Waals surface area contributed by atoms with E-state index in [1.54, 1.807) is 6.07 Å². The van der Waals surface area contributed by atoms with Gasteiger partial charge in [-0.1, -0.05) is 60.7 Å². The van der Waals surface area contributed by atoms with Crippen LogP contribution in [0.15, 0.2) is 79.0 Å². The predicted octanol–water partition coefficient (Wildman–Crippen LogP) is 2.60. The van der Waals surface area contributed by atoms with Crippen molar-refractivity contribution in [3.05, 3.63) is 90.1 Å². The van der Waals surface area contributed by atoms with E-state index < -0.39 is 37.3 Å². The third-order valence-corrected chi connectivity index (χ3v) is 6.30. The molecule has 7 nitrogen and oxygen atoms in total. The number of fused-ring (bicyclic) bond motifs is 1. The highest BCUT2D eigenvalue weighted by atomic mass is 16.7. The van der Waals surface area contributed by atoms with Gasteiger partial charge < -0.3 is 34.9 Å². The fraction of sp³-hybridized carbons (Fsp3) is 0.259. The van der Waals surface area contributed by atoms with Gasteiger partial charge in [-0.15, -0.1) is 0 Å². The molecule has 0 unspecified atom stereocenters. The second-order valence-corrected chi connectivity index (χ2v) is 8.55. The Kier molecular flexibility index (Phi) is 6.36. The number of hydrogen-bond acceptors (Lipinski definition) is 6. The molecule has 176 valence electrons. The maximum Gasteiger partial charge on any atom is 0.229 e. The van der Waals surface area contributed by atoms with Crippen LogP contribution in [0.1, 0.15) is 11.1 Å². The fourth-order valence-electron chi connectivity index (χ4n) is 4.41. The van der Waals surface area contributed by atoms with Crippen molar-refractivity contribution in [3.8, 4) is 16.9 Å². The molecule has 0 amide bonds. The number of aromatic amines is 1. The standard InChI is InChI=1S/C27H27NO6/c29-15-22-24(30)25(31)26(32)27(34-22)33-21-8-4-7-20-23(21)19(14-28-20)13-16-9-11-18(12-10-16)17-5-2-1-3-6-17/h1-12,14,22,24-32H,13,15H2/t22-,24-,25+,26-,27-/m1/s1. The van der Waals surface area contributed by atoms with Crippen LogP contribution < -0.4 is 4.74 Å². The molecule has 5 atom stereocenters. The fourth-order valence-corrected chi connectivity index (χ4v) is 4.41. The van der Waals surface area contributed by atoms with Gasteiger partial charge in [-0.3, -0.25) is 0 Å². The lowest BCUT2D eigenvalue weighted by molar-refractivity contribution is -0.277. The molecule has 4 aromatic rings. The summed E-state index contributed by atoms with van der Waals surface area (Å²) >= 11 is 0. The summed E-state index contributed by atoms with van der Waals surface area (Å²) in [5.41, 5.74) is 5.30. The summed E-state index contributed by atoms with van der Waals surface area (Å²) in [6.45, 7) is -0.511. The number of ether oxygens (including phenoxy) is 2. The van der Waals surface area contributed by atoms with Crippen LogP contribution in [0, 0.1) is 0 Å². The Morgan fingerprint density at radius 1 is 0.794 bits per heavy atom. The Labute approximate surface area is 196 Å². The van der Waals surface area contributed by atoms with Crippen molar-refractivity contribution in [2.24, 2.45) is 0 Å². The Morgan fingerprint density at radius 3 is 2.26 bits per heavy atom. The average molecular weight is 462 g/mol. The number of aliphatic hydroxyl groups excluding tert-OH is 4. The number of hydrogen-bond donors (Lipinski definition) is 5. The number of aliphatic hydroxyl groups is 4. The van der Waals surface area contributed by atoms with Gasteiger partial charge in [0.15, 0.2) is 0 Å². The van der Waals surface area contributed by atoms with Crippen LogP contribution in [-0.4, -0.2) is 62.7 Å². The van der Waals surface area contributed by atoms with Crippen molar-refractivity contribution in [1.29, 1.82) is 0 Å². The summed E-state index contributed by atoms with van der Waals surface area (Å²) in [6.07, 6.45) is -4.09. The lowest BCUT2D eigenvalue weighted by Crippen LogP contribution is -2.60. The van der Waals surface area contributed by atoms with E-state index in [2.05, 4.69) is 41.4 Å². The van der Waals surface area contributed by atoms with E-state index >= 15 is 0 Å². The molecule has 7 heteroatoms. The van der Waals surface area contributed by atoms with Crippen molar-refractivity contribution in [3.63, 3.8) is 0 Å². The van der Waals surface area contributed by atoms with Gasteiger partial charge in [0, 0.05) is 17.1 Å². The normalized spacial score (nSPS) is 24.9. The Balaban J connectivity index is 1.40. The van der Waals surface area contributed by atoms with Gasteiger partial charge in [0.2, 0.25) is 6.29 Å². The lowest BCUT2D eigenvalue weighted by atomic mass is 9.99. The van der Waals surface area contributed by atoms with Gasteiger partial charge >= 0.3 is 0 Å². The molecule has 0 spiro atoms. The maximum absolute atomic E-state index is 10.4. The van der Waals surface area contributed by atoms with Crippen LogP contribution >= 0.6 is 0 Å². The highest BCUT2D eigenvalue weighted by Crippen LogP contribution is 2.33. The molecule has 1 aliphatic rings. The third kappa shape index (κ3) is 4.32. The Bertz CT molecular complexity index is 1240. The topological polar surface area (TPSA) is 115 Å². The van der Waals surface area contributed by atoms with E-state index in [1.165, 1.54) is 0 Å². The van der Waals surface area contributed by atoms with Crippen LogP contribution in [0.5, 0.6) is 5.75 Å². The van der Waals surface area contributed by atoms with E-state index in [-0.39, 0.29) is 0 Å². The molecule has 2 heterocycles. The number of nitrogens with one attached hydrogen (secondary N) is 1. The minimum Gasteiger partial charge on any atom is -0.461 e. The summed E-state index contributed by atoms with van der Waals surface area (Å²) in [7, 11) is 0. The monoisotopic (exact) mass is 461 g/mol. The lowest BCUT2D eigenvalue weighted by Gasteiger charge is -2.39. The van der Waals surface area contributed by atoms with Gasteiger partial charge in [0.05, 0.1) is 6.61 Å². The van der Waals surface area contributed by atoms with Crippen molar-refractivity contribution >= 4 is 10.9 Å². The molecule has 0 bridgehead atoms. The van der Waals surface area contributed by atoms with Crippen molar-refractivity contribution in [1.82, 2.24) is 4.98 Å². The molecule has 3 aromatic carbocycles. The molecule has 0 aliphatic carbocycles. The zero-order valence-electron chi connectivity index (χ0n) is 18.4. The number of benzene rings is 3. The maximum atomic E-state index is 10.4. The van der Waals surface area contributed by atoms with Crippen LogP contribution in [0.2, 0.25) is 0 Å². The number of rotatable bonds is 6. The summed E-state index contributed by atoms with van der Waals surface area (Å²) in [4.78, 5) is 3.26. The second kappa shape index (κ2) is 9.58. The first-order valence-electron chi connectivity index (χ1n) is 11.3. The van der Waals surface area contributed by atoms with Crippen LogP contribution in [-0.2, 0) is 11.2 Å². The second-order valence-electron chi connectivity index (χ2n) is 8.55. The molecular weight excluding hydrogens is 434 g/mol. The molecule has 1 fully saturated rings. The van der Waals surface area contributed by atoms with E-state index in [4.69, 9.17) is 9.47 Å². The molecule has 34 heavy (non-hydrogen) atoms. The van der Waals surface area contributed by atoms with E-state index in [0.717, 1.165) is 33.2 Å². The van der Waals surface area contributed by atoms with Gasteiger partial charge in [-0.2, -0.15) is 0 Å². The van der Waals surface area contributed by atoms with Crippen LogP contribution in [0.4, 0.5) is 0 Å². The zero-order chi connectivity index (χ0) is 23.7. The predicted molar refractivity (Wildman–Crippen MR) is 127 cm³/mol. The summed E-state index contributed by atoms with van der Waals surface area (Å²) in [5, 5.41) is 40.8. The van der Waals surface area contributed by atoms with Gasteiger partial charge in [-0.25, -0.2) is 0 Å². The Morgan fingerprint density at radius 2 is 1.53 bits per heavy atom. The minimum atomic E-state index is -1.50. The van der Waals surface area contributed by atoms with E-state index in [0.29, 0.717) is 12.2 Å². The van der Waals surface area contributed by atoms with Gasteiger partial charge in [0.25, 0.3) is 0 Å². The third-order valence-electron chi connectivity index (χ3n) is 6.30. The van der Waals surface area contributed by atoms with Crippen molar-refractivity contribution < 1.29 is 29.9 Å². The van der Waals surface area contributed by atoms with Crippen LogP contribution in [0.25, 0.3) is 22.0 Å². The van der Waals surface area contributed by atoms with Crippen molar-refractivity contribution in [2.75, 3.05) is 6.61 Å². The molecule has 5 N–H and O–H groups in total. The molecular formula is C27H27NO6. The summed E-state index contributed by atoms with van der Waals surface area (Å²) < 4.78 is 11.5. The quantitative estimate of drug-likeness (QED) is 0.302. The first-order chi connectivity index (χ1) is 16.5. The first kappa shape index (κ1) is 22.6. The first-order valence-corrected chi connectivity index (χ1v) is 11.3. The summed E-state index contributed by atoms with van der Waals surface area (Å²) in [5.74, 6) is 0.471.